The highest BCUT2D eigenvalue weighted by molar-refractivity contribution is 7.18. The average molecular weight is 516 g/mol. The molecule has 1 atom stereocenters. The van der Waals surface area contributed by atoms with Crippen LogP contribution < -0.4 is 0 Å². The first-order valence-corrected chi connectivity index (χ1v) is 12.3. The summed E-state index contributed by atoms with van der Waals surface area (Å²) in [6, 6.07) is 3.78. The van der Waals surface area contributed by atoms with E-state index in [1.54, 1.807) is 13.3 Å². The Labute approximate surface area is 209 Å². The highest BCUT2D eigenvalue weighted by Crippen LogP contribution is 2.50. The van der Waals surface area contributed by atoms with Crippen LogP contribution in [-0.2, 0) is 34.2 Å². The standard InChI is InChI=1S/C25H24F3N5O2S/c1-14-32-22-21(24(2,35-3)17-5-6-17)16(13-29-23(22)36-14)12-18(34)10-15-4-7-20(33-30-8-9-31-33)19(11-15)25(26,27)28/h4,7-9,11,13,17H,5-6,10,12H2,1-3H3. The topological polar surface area (TPSA) is 82.8 Å². The average Bonchev–Trinajstić information content (AvgIpc) is 3.41. The quantitative estimate of drug-likeness (QED) is 0.320. The van der Waals surface area contributed by atoms with Gasteiger partial charge >= 0.3 is 6.18 Å². The number of aryl methyl sites for hydroxylation is 1. The molecule has 11 heteroatoms. The summed E-state index contributed by atoms with van der Waals surface area (Å²) in [4.78, 5) is 24.1. The predicted molar refractivity (Wildman–Crippen MR) is 128 cm³/mol. The molecule has 188 valence electrons. The van der Waals surface area contributed by atoms with Crippen molar-refractivity contribution in [1.82, 2.24) is 25.0 Å². The summed E-state index contributed by atoms with van der Waals surface area (Å²) in [5, 5.41) is 8.48. The van der Waals surface area contributed by atoms with Crippen molar-refractivity contribution in [3.8, 4) is 5.69 Å². The van der Waals surface area contributed by atoms with Gasteiger partial charge in [-0.3, -0.25) is 4.79 Å². The number of carbonyl (C=O) groups excluding carboxylic acids is 1. The van der Waals surface area contributed by atoms with Crippen molar-refractivity contribution in [3.63, 3.8) is 0 Å². The Bertz CT molecular complexity index is 1430. The van der Waals surface area contributed by atoms with Crippen molar-refractivity contribution in [2.75, 3.05) is 7.11 Å². The number of aromatic nitrogens is 5. The summed E-state index contributed by atoms with van der Waals surface area (Å²) in [5.74, 6) is 0.0819. The SMILES string of the molecule is COC(C)(c1c(CC(=O)Cc2ccc(-n3nccn3)c(C(F)(F)F)c2)cnc2sc(C)nc12)C1CC1. The largest absolute Gasteiger partial charge is 0.418 e. The predicted octanol–water partition coefficient (Wildman–Crippen LogP) is 5.23. The van der Waals surface area contributed by atoms with Gasteiger partial charge in [0.1, 0.15) is 16.1 Å². The fraction of sp³-hybridized carbons (Fsp3) is 0.400. The van der Waals surface area contributed by atoms with Gasteiger partial charge in [-0.1, -0.05) is 17.4 Å². The van der Waals surface area contributed by atoms with Crippen LogP contribution in [0.1, 0.15) is 47.0 Å². The molecule has 5 rings (SSSR count). The van der Waals surface area contributed by atoms with Crippen LogP contribution in [0.15, 0.2) is 36.8 Å². The van der Waals surface area contributed by atoms with Crippen LogP contribution in [0.4, 0.5) is 13.2 Å². The second kappa shape index (κ2) is 9.04. The zero-order valence-corrected chi connectivity index (χ0v) is 20.8. The van der Waals surface area contributed by atoms with Crippen LogP contribution >= 0.6 is 11.3 Å². The second-order valence-corrected chi connectivity index (χ2v) is 10.4. The van der Waals surface area contributed by atoms with Gasteiger partial charge in [-0.2, -0.15) is 28.2 Å². The van der Waals surface area contributed by atoms with Gasteiger partial charge in [0.15, 0.2) is 0 Å². The van der Waals surface area contributed by atoms with E-state index >= 15 is 0 Å². The highest BCUT2D eigenvalue weighted by Gasteiger charge is 2.46. The van der Waals surface area contributed by atoms with E-state index in [4.69, 9.17) is 4.74 Å². The minimum absolute atomic E-state index is 0.0182. The molecule has 3 heterocycles. The smallest absolute Gasteiger partial charge is 0.373 e. The minimum atomic E-state index is -4.63. The first kappa shape index (κ1) is 24.5. The van der Waals surface area contributed by atoms with Gasteiger partial charge in [0, 0.05) is 31.7 Å². The molecule has 1 saturated carbocycles. The van der Waals surface area contributed by atoms with Gasteiger partial charge in [-0.05, 0) is 55.9 Å². The Morgan fingerprint density at radius 3 is 2.56 bits per heavy atom. The molecule has 36 heavy (non-hydrogen) atoms. The van der Waals surface area contributed by atoms with Crippen molar-refractivity contribution in [1.29, 1.82) is 0 Å². The van der Waals surface area contributed by atoms with Crippen molar-refractivity contribution in [2.24, 2.45) is 5.92 Å². The third kappa shape index (κ3) is 4.53. The van der Waals surface area contributed by atoms with Gasteiger partial charge in [0.2, 0.25) is 0 Å². The van der Waals surface area contributed by atoms with Crippen LogP contribution in [0, 0.1) is 12.8 Å². The lowest BCUT2D eigenvalue weighted by Gasteiger charge is -2.31. The maximum absolute atomic E-state index is 13.8. The number of hydrogen-bond donors (Lipinski definition) is 0. The van der Waals surface area contributed by atoms with E-state index in [1.165, 1.54) is 35.9 Å². The molecule has 1 fully saturated rings. The van der Waals surface area contributed by atoms with Gasteiger partial charge in [-0.25, -0.2) is 9.97 Å². The molecule has 7 nitrogen and oxygen atoms in total. The molecule has 0 amide bonds. The zero-order chi connectivity index (χ0) is 25.7. The molecule has 1 aliphatic carbocycles. The maximum Gasteiger partial charge on any atom is 0.418 e. The first-order chi connectivity index (χ1) is 17.1. The molecule has 4 aromatic rings. The number of ketones is 1. The lowest BCUT2D eigenvalue weighted by atomic mass is 9.85. The highest BCUT2D eigenvalue weighted by atomic mass is 32.1. The van der Waals surface area contributed by atoms with Crippen LogP contribution in [0.25, 0.3) is 16.0 Å². The fourth-order valence-electron chi connectivity index (χ4n) is 4.75. The number of halogens is 3. The number of pyridine rings is 1. The summed E-state index contributed by atoms with van der Waals surface area (Å²) in [7, 11) is 1.66. The maximum atomic E-state index is 13.8. The molecule has 0 bridgehead atoms. The number of fused-ring (bicyclic) bond motifs is 1. The van der Waals surface area contributed by atoms with Crippen LogP contribution in [0.2, 0.25) is 0 Å². The summed E-state index contributed by atoms with van der Waals surface area (Å²) >= 11 is 1.48. The lowest BCUT2D eigenvalue weighted by molar-refractivity contribution is -0.137. The fourth-order valence-corrected chi connectivity index (χ4v) is 5.52. The number of thiazole rings is 1. The number of ether oxygens (including phenoxy) is 1. The van der Waals surface area contributed by atoms with Crippen molar-refractivity contribution < 1.29 is 22.7 Å². The number of nitrogens with zero attached hydrogens (tertiary/aromatic N) is 5. The number of rotatable bonds is 8. The molecule has 0 spiro atoms. The molecule has 0 aliphatic heterocycles. The molecule has 1 aromatic carbocycles. The molecular weight excluding hydrogens is 491 g/mol. The zero-order valence-electron chi connectivity index (χ0n) is 20.0. The normalized spacial score (nSPS) is 15.8. The Morgan fingerprint density at radius 1 is 1.19 bits per heavy atom. The number of Topliss-reactive ketones (excluding diaryl/α,β-unsaturated/α-hetero) is 1. The third-order valence-electron chi connectivity index (χ3n) is 6.68. The van der Waals surface area contributed by atoms with Gasteiger partial charge in [-0.15, -0.1) is 0 Å². The second-order valence-electron chi connectivity index (χ2n) is 9.19. The molecular formula is C25H24F3N5O2S. The Balaban J connectivity index is 1.47. The molecule has 0 N–H and O–H groups in total. The Hall–Kier alpha value is -3.18. The van der Waals surface area contributed by atoms with Gasteiger partial charge in [0.05, 0.1) is 34.3 Å². The number of carbonyl (C=O) groups is 1. The number of alkyl halides is 3. The number of benzene rings is 1. The van der Waals surface area contributed by atoms with E-state index in [2.05, 4.69) is 20.2 Å². The van der Waals surface area contributed by atoms with E-state index in [0.29, 0.717) is 11.5 Å². The van der Waals surface area contributed by atoms with E-state index in [0.717, 1.165) is 44.6 Å². The van der Waals surface area contributed by atoms with Crippen LogP contribution in [-0.4, -0.2) is 37.9 Å². The third-order valence-corrected chi connectivity index (χ3v) is 7.56. The van der Waals surface area contributed by atoms with Crippen molar-refractivity contribution >= 4 is 27.5 Å². The molecule has 0 saturated heterocycles. The van der Waals surface area contributed by atoms with Crippen molar-refractivity contribution in [2.45, 2.75) is 51.3 Å². The van der Waals surface area contributed by atoms with Gasteiger partial charge < -0.3 is 4.74 Å². The summed E-state index contributed by atoms with van der Waals surface area (Å²) in [6.45, 7) is 3.92. The number of hydrogen-bond acceptors (Lipinski definition) is 7. The Morgan fingerprint density at radius 2 is 1.92 bits per heavy atom. The van der Waals surface area contributed by atoms with E-state index in [9.17, 15) is 18.0 Å². The van der Waals surface area contributed by atoms with Crippen LogP contribution in [0.3, 0.4) is 0 Å². The van der Waals surface area contributed by atoms with E-state index < -0.39 is 17.3 Å². The van der Waals surface area contributed by atoms with Crippen LogP contribution in [0.5, 0.6) is 0 Å². The summed E-state index contributed by atoms with van der Waals surface area (Å²) in [6.07, 6.45) is 1.56. The van der Waals surface area contributed by atoms with E-state index in [1.807, 2.05) is 13.8 Å². The first-order valence-electron chi connectivity index (χ1n) is 11.5. The molecule has 1 unspecified atom stereocenters. The Kier molecular flexibility index (Phi) is 6.16. The minimum Gasteiger partial charge on any atom is -0.373 e. The summed E-state index contributed by atoms with van der Waals surface area (Å²) in [5.41, 5.74) is 0.827. The molecule has 3 aromatic heterocycles. The number of methoxy groups -OCH3 is 1. The van der Waals surface area contributed by atoms with Gasteiger partial charge in [0.25, 0.3) is 0 Å². The molecule has 1 aliphatic rings. The lowest BCUT2D eigenvalue weighted by Crippen LogP contribution is -2.30. The monoisotopic (exact) mass is 515 g/mol. The molecule has 0 radical (unpaired) electrons. The summed E-state index contributed by atoms with van der Waals surface area (Å²) < 4.78 is 47.3. The van der Waals surface area contributed by atoms with E-state index in [-0.39, 0.29) is 29.9 Å². The van der Waals surface area contributed by atoms with Crippen molar-refractivity contribution in [3.05, 3.63) is 64.1 Å².